The molecule has 0 N–H and O–H groups in total. The van der Waals surface area contributed by atoms with Crippen LogP contribution in [0.5, 0.6) is 11.7 Å². The number of fused-ring (bicyclic) bond motifs is 1. The second kappa shape index (κ2) is 3.89. The van der Waals surface area contributed by atoms with Gasteiger partial charge in [-0.25, -0.2) is 0 Å². The van der Waals surface area contributed by atoms with Crippen molar-refractivity contribution in [2.24, 2.45) is 0 Å². The molecule has 0 fully saturated rings. The quantitative estimate of drug-likeness (QED) is 0.777. The Morgan fingerprint density at radius 3 is 2.56 bits per heavy atom. The Kier molecular flexibility index (Phi) is 2.56. The molecule has 1 heterocycles. The Morgan fingerprint density at radius 1 is 1.19 bits per heavy atom. The van der Waals surface area contributed by atoms with Gasteiger partial charge in [0, 0.05) is 5.56 Å². The molecule has 0 unspecified atom stereocenters. The monoisotopic (exact) mass is 220 g/mol. The van der Waals surface area contributed by atoms with E-state index in [1.807, 2.05) is 6.92 Å². The highest BCUT2D eigenvalue weighted by Gasteiger charge is 2.10. The molecule has 0 aliphatic carbocycles. The van der Waals surface area contributed by atoms with Crippen molar-refractivity contribution in [3.63, 3.8) is 0 Å². The minimum atomic E-state index is -0.130. The minimum Gasteiger partial charge on any atom is -0.496 e. The van der Waals surface area contributed by atoms with Gasteiger partial charge < -0.3 is 13.9 Å². The summed E-state index contributed by atoms with van der Waals surface area (Å²) in [5, 5.41) is 0.528. The molecule has 4 heteroatoms. The van der Waals surface area contributed by atoms with E-state index in [4.69, 9.17) is 13.9 Å². The van der Waals surface area contributed by atoms with Crippen molar-refractivity contribution in [2.75, 3.05) is 14.2 Å². The van der Waals surface area contributed by atoms with Crippen LogP contribution in [-0.2, 0) is 0 Å². The highest BCUT2D eigenvalue weighted by atomic mass is 16.6. The first-order valence-electron chi connectivity index (χ1n) is 4.83. The molecule has 84 valence electrons. The average molecular weight is 220 g/mol. The molecule has 0 saturated heterocycles. The number of benzene rings is 1. The summed E-state index contributed by atoms with van der Waals surface area (Å²) in [6.45, 7) is 1.82. The first-order chi connectivity index (χ1) is 7.67. The van der Waals surface area contributed by atoms with E-state index >= 15 is 0 Å². The van der Waals surface area contributed by atoms with Crippen LogP contribution in [0.15, 0.2) is 27.4 Å². The van der Waals surface area contributed by atoms with Crippen LogP contribution in [0.4, 0.5) is 0 Å². The van der Waals surface area contributed by atoms with Gasteiger partial charge in [0.2, 0.25) is 0 Å². The molecule has 0 aliphatic heterocycles. The summed E-state index contributed by atoms with van der Waals surface area (Å²) in [6.07, 6.45) is 0. The minimum absolute atomic E-state index is 0.130. The SMILES string of the molecule is COc1cc(=O)c2c(C)c(OC)ccc2o1. The Morgan fingerprint density at radius 2 is 1.94 bits per heavy atom. The lowest BCUT2D eigenvalue weighted by Gasteiger charge is -2.07. The third-order valence-corrected chi connectivity index (χ3v) is 2.50. The van der Waals surface area contributed by atoms with E-state index in [-0.39, 0.29) is 11.4 Å². The van der Waals surface area contributed by atoms with Gasteiger partial charge >= 0.3 is 0 Å². The fraction of sp³-hybridized carbons (Fsp3) is 0.250. The molecule has 0 bridgehead atoms. The molecular weight excluding hydrogens is 208 g/mol. The zero-order chi connectivity index (χ0) is 11.7. The van der Waals surface area contributed by atoms with Crippen molar-refractivity contribution in [3.05, 3.63) is 34.0 Å². The fourth-order valence-corrected chi connectivity index (χ4v) is 1.70. The summed E-state index contributed by atoms with van der Waals surface area (Å²) in [4.78, 5) is 11.9. The summed E-state index contributed by atoms with van der Waals surface area (Å²) in [5.41, 5.74) is 1.15. The van der Waals surface area contributed by atoms with Crippen LogP contribution in [0.3, 0.4) is 0 Å². The molecule has 1 aromatic carbocycles. The van der Waals surface area contributed by atoms with Gasteiger partial charge in [0.15, 0.2) is 5.43 Å². The summed E-state index contributed by atoms with van der Waals surface area (Å²) in [5.74, 6) is 0.882. The molecule has 0 saturated carbocycles. The first kappa shape index (κ1) is 10.5. The Hall–Kier alpha value is -1.97. The zero-order valence-electron chi connectivity index (χ0n) is 9.37. The number of ether oxygens (including phenoxy) is 2. The third-order valence-electron chi connectivity index (χ3n) is 2.50. The third kappa shape index (κ3) is 1.52. The normalized spacial score (nSPS) is 10.4. The van der Waals surface area contributed by atoms with Crippen LogP contribution >= 0.6 is 0 Å². The van der Waals surface area contributed by atoms with Gasteiger partial charge in [0.25, 0.3) is 5.95 Å². The van der Waals surface area contributed by atoms with Crippen molar-refractivity contribution in [1.82, 2.24) is 0 Å². The second-order valence-electron chi connectivity index (χ2n) is 3.40. The van der Waals surface area contributed by atoms with Gasteiger partial charge in [-0.05, 0) is 19.1 Å². The predicted molar refractivity (Wildman–Crippen MR) is 60.3 cm³/mol. The number of hydrogen-bond donors (Lipinski definition) is 0. The molecule has 1 aromatic heterocycles. The van der Waals surface area contributed by atoms with E-state index in [2.05, 4.69) is 0 Å². The highest BCUT2D eigenvalue weighted by molar-refractivity contribution is 5.82. The topological polar surface area (TPSA) is 48.7 Å². The maximum absolute atomic E-state index is 11.9. The molecule has 2 rings (SSSR count). The smallest absolute Gasteiger partial charge is 0.288 e. The van der Waals surface area contributed by atoms with Crippen molar-refractivity contribution in [3.8, 4) is 11.7 Å². The van der Waals surface area contributed by atoms with Gasteiger partial charge in [-0.1, -0.05) is 0 Å². The van der Waals surface area contributed by atoms with E-state index in [1.54, 1.807) is 19.2 Å². The lowest BCUT2D eigenvalue weighted by molar-refractivity contribution is 0.310. The molecule has 0 atom stereocenters. The summed E-state index contributed by atoms with van der Waals surface area (Å²) in [7, 11) is 3.03. The highest BCUT2D eigenvalue weighted by Crippen LogP contribution is 2.26. The molecular formula is C12H12O4. The lowest BCUT2D eigenvalue weighted by atomic mass is 10.1. The summed E-state index contributed by atoms with van der Waals surface area (Å²) < 4.78 is 15.4. The van der Waals surface area contributed by atoms with Crippen molar-refractivity contribution >= 4 is 11.0 Å². The Labute approximate surface area is 92.4 Å². The van der Waals surface area contributed by atoms with Crippen molar-refractivity contribution in [2.45, 2.75) is 6.92 Å². The van der Waals surface area contributed by atoms with E-state index in [1.165, 1.54) is 13.2 Å². The Bertz CT molecular complexity index is 583. The zero-order valence-corrected chi connectivity index (χ0v) is 9.37. The average Bonchev–Trinajstić information content (AvgIpc) is 2.28. The standard InChI is InChI=1S/C12H12O4/c1-7-9(14-2)4-5-10-12(7)8(13)6-11(15-3)16-10/h4-6H,1-3H3. The van der Waals surface area contributed by atoms with Gasteiger partial charge in [-0.3, -0.25) is 4.79 Å². The van der Waals surface area contributed by atoms with Crippen LogP contribution in [-0.4, -0.2) is 14.2 Å². The molecule has 4 nitrogen and oxygen atoms in total. The fourth-order valence-electron chi connectivity index (χ4n) is 1.70. The molecule has 0 radical (unpaired) electrons. The molecule has 0 aliphatic rings. The van der Waals surface area contributed by atoms with E-state index < -0.39 is 0 Å². The van der Waals surface area contributed by atoms with Crippen LogP contribution in [0.1, 0.15) is 5.56 Å². The number of hydrogen-bond acceptors (Lipinski definition) is 4. The molecule has 2 aromatic rings. The van der Waals surface area contributed by atoms with Gasteiger partial charge in [-0.2, -0.15) is 0 Å². The molecule has 0 amide bonds. The number of aryl methyl sites for hydroxylation is 1. The van der Waals surface area contributed by atoms with Crippen LogP contribution in [0.25, 0.3) is 11.0 Å². The maximum Gasteiger partial charge on any atom is 0.288 e. The van der Waals surface area contributed by atoms with Gasteiger partial charge in [0.1, 0.15) is 11.3 Å². The number of rotatable bonds is 2. The lowest BCUT2D eigenvalue weighted by Crippen LogP contribution is -2.03. The van der Waals surface area contributed by atoms with E-state index in [0.717, 1.165) is 5.56 Å². The molecule has 16 heavy (non-hydrogen) atoms. The van der Waals surface area contributed by atoms with Crippen LogP contribution in [0, 0.1) is 6.92 Å². The van der Waals surface area contributed by atoms with Crippen LogP contribution < -0.4 is 14.9 Å². The van der Waals surface area contributed by atoms with E-state index in [9.17, 15) is 4.79 Å². The van der Waals surface area contributed by atoms with Gasteiger partial charge in [-0.15, -0.1) is 0 Å². The predicted octanol–water partition coefficient (Wildman–Crippen LogP) is 2.12. The van der Waals surface area contributed by atoms with Crippen molar-refractivity contribution in [1.29, 1.82) is 0 Å². The molecule has 0 spiro atoms. The Balaban J connectivity index is 2.85. The second-order valence-corrected chi connectivity index (χ2v) is 3.40. The maximum atomic E-state index is 11.9. The van der Waals surface area contributed by atoms with Crippen molar-refractivity contribution < 1.29 is 13.9 Å². The van der Waals surface area contributed by atoms with Gasteiger partial charge in [0.05, 0.1) is 25.7 Å². The van der Waals surface area contributed by atoms with E-state index in [0.29, 0.717) is 16.7 Å². The summed E-state index contributed by atoms with van der Waals surface area (Å²) >= 11 is 0. The summed E-state index contributed by atoms with van der Waals surface area (Å²) in [6, 6.07) is 4.79. The van der Waals surface area contributed by atoms with Crippen LogP contribution in [0.2, 0.25) is 0 Å². The first-order valence-corrected chi connectivity index (χ1v) is 4.83. The largest absolute Gasteiger partial charge is 0.496 e. The number of methoxy groups -OCH3 is 2.